The molecule has 0 bridgehead atoms. The van der Waals surface area contributed by atoms with Gasteiger partial charge in [0.2, 0.25) is 11.9 Å². The molecular weight excluding hydrogens is 925 g/mol. The van der Waals surface area contributed by atoms with Gasteiger partial charge in [-0.2, -0.15) is 9.97 Å². The molecule has 6 N–H and O–H groups in total. The third kappa shape index (κ3) is 10.7. The van der Waals surface area contributed by atoms with Crippen LogP contribution in [0.3, 0.4) is 0 Å². The van der Waals surface area contributed by atoms with E-state index in [2.05, 4.69) is 71.0 Å². The average molecular weight is 989 g/mol. The van der Waals surface area contributed by atoms with Crippen LogP contribution in [0, 0.1) is 11.8 Å². The number of nitrogens with zero attached hydrogens (tertiary/aromatic N) is 11. The minimum atomic E-state index is -1.23. The molecule has 0 radical (unpaired) electrons. The van der Waals surface area contributed by atoms with Crippen molar-refractivity contribution in [1.29, 1.82) is 0 Å². The second-order valence-corrected chi connectivity index (χ2v) is 20.2. The molecule has 2 aliphatic carbocycles. The number of carboxylic acid groups (broad SMARTS) is 1. The van der Waals surface area contributed by atoms with Gasteiger partial charge in [-0.3, -0.25) is 14.8 Å². The van der Waals surface area contributed by atoms with Gasteiger partial charge < -0.3 is 45.3 Å². The van der Waals surface area contributed by atoms with Crippen LogP contribution in [0.5, 0.6) is 0 Å². The van der Waals surface area contributed by atoms with E-state index in [1.807, 2.05) is 61.4 Å². The maximum atomic E-state index is 12.2. The highest BCUT2D eigenvalue weighted by Gasteiger charge is 2.28. The summed E-state index contributed by atoms with van der Waals surface area (Å²) in [6.07, 6.45) is 20.4. The monoisotopic (exact) mass is 989 g/mol. The SMILES string of the molecule is CC1CCC(n2c3cnccc3c3cnc(Nc4ccc5c(n4)CCN(C(=O)[C@@H](C)O)C5)nc32)CC1.CC1CCC(n2c3cnccc3c3cnc(Nc4ccc5c(n4)CCNC5)nc32)CC1.C[C@@H](O)C(=O)O. The van der Waals surface area contributed by atoms with Gasteiger partial charge in [0.15, 0.2) is 0 Å². The first-order chi connectivity index (χ1) is 35.4. The van der Waals surface area contributed by atoms with Crippen LogP contribution in [0.2, 0.25) is 0 Å². The summed E-state index contributed by atoms with van der Waals surface area (Å²) in [5, 5.41) is 39.9. The largest absolute Gasteiger partial charge is 0.479 e. The molecule has 1 amide bonds. The molecule has 19 nitrogen and oxygen atoms in total. The van der Waals surface area contributed by atoms with Crippen LogP contribution in [-0.2, 0) is 35.5 Å². The number of aliphatic hydroxyl groups is 2. The summed E-state index contributed by atoms with van der Waals surface area (Å²) in [5.41, 5.74) is 8.56. The zero-order chi connectivity index (χ0) is 50.8. The Balaban J connectivity index is 0.000000152. The first kappa shape index (κ1) is 49.4. The van der Waals surface area contributed by atoms with Crippen LogP contribution >= 0.6 is 0 Å². The van der Waals surface area contributed by atoms with E-state index in [9.17, 15) is 14.7 Å². The van der Waals surface area contributed by atoms with Crippen LogP contribution < -0.4 is 16.0 Å². The molecule has 8 aromatic heterocycles. The summed E-state index contributed by atoms with van der Waals surface area (Å²) in [4.78, 5) is 60.9. The van der Waals surface area contributed by atoms with Crippen molar-refractivity contribution in [3.05, 3.63) is 96.1 Å². The zero-order valence-corrected chi connectivity index (χ0v) is 41.9. The fourth-order valence-electron chi connectivity index (χ4n) is 10.8. The molecule has 2 aliphatic heterocycles. The summed E-state index contributed by atoms with van der Waals surface area (Å²) < 4.78 is 4.77. The molecule has 0 spiro atoms. The molecule has 10 heterocycles. The Bertz CT molecular complexity index is 3280. The van der Waals surface area contributed by atoms with Crippen molar-refractivity contribution in [3.8, 4) is 0 Å². The number of aliphatic hydroxyl groups excluding tert-OH is 2. The van der Waals surface area contributed by atoms with E-state index >= 15 is 0 Å². The highest BCUT2D eigenvalue weighted by Crippen LogP contribution is 2.40. The van der Waals surface area contributed by atoms with Gasteiger partial charge in [-0.25, -0.2) is 24.7 Å². The van der Waals surface area contributed by atoms with Crippen molar-refractivity contribution in [3.63, 3.8) is 0 Å². The molecule has 380 valence electrons. The smallest absolute Gasteiger partial charge is 0.332 e. The number of nitrogens with one attached hydrogen (secondary N) is 3. The van der Waals surface area contributed by atoms with Crippen molar-refractivity contribution < 1.29 is 24.9 Å². The molecular formula is C54H64N14O5. The number of rotatable bonds is 8. The highest BCUT2D eigenvalue weighted by molar-refractivity contribution is 6.07. The Hall–Kier alpha value is -7.22. The predicted molar refractivity (Wildman–Crippen MR) is 280 cm³/mol. The molecule has 2 saturated carbocycles. The molecule has 0 unspecified atom stereocenters. The molecule has 0 saturated heterocycles. The molecule has 8 aromatic rings. The number of hydrogen-bond donors (Lipinski definition) is 6. The minimum absolute atomic E-state index is 0.248. The summed E-state index contributed by atoms with van der Waals surface area (Å²) in [7, 11) is 0. The first-order valence-electron chi connectivity index (χ1n) is 25.7. The van der Waals surface area contributed by atoms with Gasteiger partial charge in [0.05, 0.1) is 23.4 Å². The van der Waals surface area contributed by atoms with E-state index in [1.54, 1.807) is 4.90 Å². The number of hydrogen-bond acceptors (Lipinski definition) is 15. The zero-order valence-electron chi connectivity index (χ0n) is 41.9. The second kappa shape index (κ2) is 21.5. The third-order valence-electron chi connectivity index (χ3n) is 14.9. The summed E-state index contributed by atoms with van der Waals surface area (Å²) in [6, 6.07) is 13.0. The van der Waals surface area contributed by atoms with Gasteiger partial charge in [0, 0.05) is 109 Å². The standard InChI is InChI=1S/C27H31N7O2.C24H27N7.C3H6O3/c1-16-3-6-19(7-4-16)34-23-14-28-11-9-20(23)21-13-29-27(32-25(21)34)31-24-8-5-18-15-33(26(36)17(2)35)12-10-22(18)30-24;1-15-2-5-17(6-3-15)31-21-14-26-10-8-18(21)19-13-27-24(30-23(19)31)29-22-7-4-16-12-25-11-9-20(16)28-22;1-2(4)3(5)6/h5,8-9,11,13-14,16-17,19,35H,3-4,6-7,10,12,15H2,1-2H3,(H,29,30,31,32);4,7-8,10,13-15,17,25H,2-3,5-6,9,11-12H2,1H3,(H,27,28,29,30);2,4H,1H3,(H,5,6)/t16?,17-,19?;;2-/m1.1/s1. The lowest BCUT2D eigenvalue weighted by atomic mass is 9.87. The Morgan fingerprint density at radius 2 is 1.12 bits per heavy atom. The Kier molecular flexibility index (Phi) is 14.5. The maximum absolute atomic E-state index is 12.2. The highest BCUT2D eigenvalue weighted by atomic mass is 16.4. The lowest BCUT2D eigenvalue weighted by Crippen LogP contribution is -2.41. The summed E-state index contributed by atoms with van der Waals surface area (Å²) >= 11 is 0. The van der Waals surface area contributed by atoms with E-state index in [0.717, 1.165) is 105 Å². The first-order valence-corrected chi connectivity index (χ1v) is 25.7. The molecule has 2 fully saturated rings. The van der Waals surface area contributed by atoms with Gasteiger partial charge in [-0.15, -0.1) is 0 Å². The number of carboxylic acids is 1. The topological polar surface area (TPSA) is 247 Å². The number of fused-ring (bicyclic) bond motifs is 8. The van der Waals surface area contributed by atoms with Crippen molar-refractivity contribution in [2.75, 3.05) is 23.7 Å². The van der Waals surface area contributed by atoms with Crippen LogP contribution in [-0.4, -0.2) is 106 Å². The van der Waals surface area contributed by atoms with E-state index in [-0.39, 0.29) is 5.91 Å². The molecule has 4 aliphatic rings. The van der Waals surface area contributed by atoms with E-state index in [0.29, 0.717) is 49.3 Å². The number of aromatic nitrogens is 10. The minimum Gasteiger partial charge on any atom is -0.479 e. The van der Waals surface area contributed by atoms with Gasteiger partial charge >= 0.3 is 5.97 Å². The summed E-state index contributed by atoms with van der Waals surface area (Å²) in [6.45, 7) is 10.3. The molecule has 0 aromatic carbocycles. The second-order valence-electron chi connectivity index (χ2n) is 20.2. The number of carbonyl (C=O) groups is 2. The Labute approximate surface area is 423 Å². The molecule has 19 heteroatoms. The Morgan fingerprint density at radius 1 is 0.630 bits per heavy atom. The molecule has 12 rings (SSSR count). The van der Waals surface area contributed by atoms with Crippen molar-refractivity contribution in [1.82, 2.24) is 59.2 Å². The van der Waals surface area contributed by atoms with Crippen LogP contribution in [0.15, 0.2) is 73.6 Å². The predicted octanol–water partition coefficient (Wildman–Crippen LogP) is 8.10. The number of carbonyl (C=O) groups excluding carboxylic acids is 1. The van der Waals surface area contributed by atoms with Gasteiger partial charge in [-0.1, -0.05) is 26.0 Å². The third-order valence-corrected chi connectivity index (χ3v) is 14.9. The number of pyridine rings is 4. The van der Waals surface area contributed by atoms with Gasteiger partial charge in [0.1, 0.15) is 35.1 Å². The average Bonchev–Trinajstić information content (AvgIpc) is 3.91. The fraction of sp³-hybridized carbons (Fsp3) is 0.444. The van der Waals surface area contributed by atoms with Crippen molar-refractivity contribution in [2.45, 2.75) is 129 Å². The van der Waals surface area contributed by atoms with Crippen LogP contribution in [0.4, 0.5) is 23.5 Å². The Morgan fingerprint density at radius 3 is 1.62 bits per heavy atom. The van der Waals surface area contributed by atoms with Crippen LogP contribution in [0.1, 0.15) is 114 Å². The van der Waals surface area contributed by atoms with Crippen molar-refractivity contribution in [2.24, 2.45) is 11.8 Å². The molecule has 73 heavy (non-hydrogen) atoms. The summed E-state index contributed by atoms with van der Waals surface area (Å²) in [5.74, 6) is 2.73. The van der Waals surface area contributed by atoms with Crippen molar-refractivity contribution >= 4 is 79.3 Å². The molecule has 2 atom stereocenters. The van der Waals surface area contributed by atoms with E-state index in [4.69, 9.17) is 30.1 Å². The van der Waals surface area contributed by atoms with E-state index < -0.39 is 18.2 Å². The quantitative estimate of drug-likeness (QED) is 0.0842. The lowest BCUT2D eigenvalue weighted by molar-refractivity contribution is -0.145. The number of aliphatic carboxylic acids is 1. The van der Waals surface area contributed by atoms with Gasteiger partial charge in [0.25, 0.3) is 5.91 Å². The number of anilines is 4. The van der Waals surface area contributed by atoms with Crippen LogP contribution in [0.25, 0.3) is 43.9 Å². The lowest BCUT2D eigenvalue weighted by Gasteiger charge is -2.29. The fourth-order valence-corrected chi connectivity index (χ4v) is 10.8. The van der Waals surface area contributed by atoms with Gasteiger partial charge in [-0.05, 0) is 112 Å². The van der Waals surface area contributed by atoms with E-state index in [1.165, 1.54) is 63.3 Å². The normalized spacial score (nSPS) is 20.5. The number of amides is 1. The maximum Gasteiger partial charge on any atom is 0.332 e.